The van der Waals surface area contributed by atoms with Gasteiger partial charge in [0, 0.05) is 11.8 Å². The van der Waals surface area contributed by atoms with E-state index in [-0.39, 0.29) is 0 Å². The fourth-order valence-corrected chi connectivity index (χ4v) is 2.22. The zero-order chi connectivity index (χ0) is 15.2. The van der Waals surface area contributed by atoms with Crippen LogP contribution in [-0.2, 0) is 19.4 Å². The van der Waals surface area contributed by atoms with Crippen LogP contribution in [0.25, 0.3) is 0 Å². The number of guanidine groups is 1. The molecule has 21 heavy (non-hydrogen) atoms. The van der Waals surface area contributed by atoms with Crippen molar-refractivity contribution in [3.63, 3.8) is 0 Å². The Morgan fingerprint density at radius 1 is 1.29 bits per heavy atom. The second-order valence-corrected chi connectivity index (χ2v) is 4.92. The van der Waals surface area contributed by atoms with Crippen molar-refractivity contribution < 1.29 is 4.52 Å². The van der Waals surface area contributed by atoms with E-state index in [0.717, 1.165) is 24.2 Å². The predicted octanol–water partition coefficient (Wildman–Crippen LogP) is 3.03. The van der Waals surface area contributed by atoms with Crippen LogP contribution in [0.4, 0.5) is 5.69 Å². The van der Waals surface area contributed by atoms with Crippen LogP contribution in [0, 0.1) is 6.92 Å². The molecule has 112 valence electrons. The Balaban J connectivity index is 2.13. The summed E-state index contributed by atoms with van der Waals surface area (Å²) in [6.07, 6.45) is 1.90. The van der Waals surface area contributed by atoms with Crippen LogP contribution in [0.5, 0.6) is 0 Å². The summed E-state index contributed by atoms with van der Waals surface area (Å²) in [5, 5.41) is 7.05. The molecular formula is C16H22N4O. The molecule has 5 heteroatoms. The standard InChI is InChI=1S/C16H22N4O/c1-4-12-7-6-8-13(5-2)15(12)19-16(17)18-10-14-9-11(3)20-21-14/h6-9H,4-5,10H2,1-3H3,(H3,17,18,19). The van der Waals surface area contributed by atoms with Gasteiger partial charge in [-0.15, -0.1) is 0 Å². The molecule has 0 bridgehead atoms. The largest absolute Gasteiger partial charge is 0.370 e. The molecule has 3 N–H and O–H groups in total. The summed E-state index contributed by atoms with van der Waals surface area (Å²) in [5.74, 6) is 1.09. The molecule has 0 unspecified atom stereocenters. The molecule has 0 saturated heterocycles. The number of benzene rings is 1. The number of nitrogens with one attached hydrogen (secondary N) is 1. The summed E-state index contributed by atoms with van der Waals surface area (Å²) >= 11 is 0. The number of hydrogen-bond donors (Lipinski definition) is 2. The Labute approximate surface area is 125 Å². The van der Waals surface area contributed by atoms with E-state index in [0.29, 0.717) is 18.3 Å². The van der Waals surface area contributed by atoms with Gasteiger partial charge in [-0.2, -0.15) is 0 Å². The molecule has 0 aliphatic heterocycles. The summed E-state index contributed by atoms with van der Waals surface area (Å²) in [4.78, 5) is 4.30. The van der Waals surface area contributed by atoms with Gasteiger partial charge in [-0.1, -0.05) is 37.2 Å². The average molecular weight is 286 g/mol. The monoisotopic (exact) mass is 286 g/mol. The topological polar surface area (TPSA) is 76.4 Å². The number of aryl methyl sites for hydroxylation is 3. The van der Waals surface area contributed by atoms with Gasteiger partial charge in [0.2, 0.25) is 0 Å². The molecular weight excluding hydrogens is 264 g/mol. The van der Waals surface area contributed by atoms with Crippen LogP contribution in [0.1, 0.15) is 36.4 Å². The van der Waals surface area contributed by atoms with Crippen LogP contribution < -0.4 is 11.1 Å². The maximum absolute atomic E-state index is 5.98. The number of aliphatic imine (C=N–C) groups is 1. The van der Waals surface area contributed by atoms with E-state index in [1.54, 1.807) is 0 Å². The molecule has 0 amide bonds. The van der Waals surface area contributed by atoms with Crippen molar-refractivity contribution in [2.45, 2.75) is 40.2 Å². The van der Waals surface area contributed by atoms with Crippen molar-refractivity contribution in [2.24, 2.45) is 10.7 Å². The quantitative estimate of drug-likeness (QED) is 0.654. The Kier molecular flexibility index (Phi) is 4.98. The maximum Gasteiger partial charge on any atom is 0.193 e. The van der Waals surface area contributed by atoms with Gasteiger partial charge in [-0.25, -0.2) is 4.99 Å². The van der Waals surface area contributed by atoms with E-state index in [9.17, 15) is 0 Å². The van der Waals surface area contributed by atoms with E-state index < -0.39 is 0 Å². The number of rotatable bonds is 5. The van der Waals surface area contributed by atoms with Crippen LogP contribution in [0.15, 0.2) is 33.8 Å². The molecule has 2 rings (SSSR count). The number of nitrogens with zero attached hydrogens (tertiary/aromatic N) is 2. The Hall–Kier alpha value is -2.30. The molecule has 0 fully saturated rings. The highest BCUT2D eigenvalue weighted by atomic mass is 16.5. The van der Waals surface area contributed by atoms with Crippen LogP contribution >= 0.6 is 0 Å². The Morgan fingerprint density at radius 2 is 1.95 bits per heavy atom. The predicted molar refractivity (Wildman–Crippen MR) is 85.4 cm³/mol. The third-order valence-electron chi connectivity index (χ3n) is 3.33. The molecule has 5 nitrogen and oxygen atoms in total. The summed E-state index contributed by atoms with van der Waals surface area (Å²) in [7, 11) is 0. The first-order chi connectivity index (χ1) is 10.1. The number of aromatic nitrogens is 1. The molecule has 0 atom stereocenters. The number of anilines is 1. The molecule has 2 aromatic rings. The number of para-hydroxylation sites is 1. The second-order valence-electron chi connectivity index (χ2n) is 4.92. The Bertz CT molecular complexity index is 609. The smallest absolute Gasteiger partial charge is 0.193 e. The minimum Gasteiger partial charge on any atom is -0.370 e. The fraction of sp³-hybridized carbons (Fsp3) is 0.375. The van der Waals surface area contributed by atoms with Gasteiger partial charge in [-0.05, 0) is 30.9 Å². The zero-order valence-corrected chi connectivity index (χ0v) is 12.8. The summed E-state index contributed by atoms with van der Waals surface area (Å²) < 4.78 is 5.11. The second kappa shape index (κ2) is 6.92. The van der Waals surface area contributed by atoms with Crippen molar-refractivity contribution >= 4 is 11.6 Å². The highest BCUT2D eigenvalue weighted by molar-refractivity contribution is 5.93. The third kappa shape index (κ3) is 3.84. The minimum absolute atomic E-state index is 0.384. The minimum atomic E-state index is 0.384. The molecule has 0 spiro atoms. The Morgan fingerprint density at radius 3 is 2.48 bits per heavy atom. The van der Waals surface area contributed by atoms with Crippen LogP contribution in [0.3, 0.4) is 0 Å². The van der Waals surface area contributed by atoms with Gasteiger partial charge in [0.25, 0.3) is 0 Å². The van der Waals surface area contributed by atoms with Crippen molar-refractivity contribution in [3.8, 4) is 0 Å². The maximum atomic E-state index is 5.98. The number of nitrogens with two attached hydrogens (primary N) is 1. The van der Waals surface area contributed by atoms with Crippen molar-refractivity contribution in [1.29, 1.82) is 0 Å². The lowest BCUT2D eigenvalue weighted by Gasteiger charge is -2.14. The normalized spacial score (nSPS) is 11.7. The van der Waals surface area contributed by atoms with Crippen molar-refractivity contribution in [1.82, 2.24) is 5.16 Å². The molecule has 0 aliphatic carbocycles. The summed E-state index contributed by atoms with van der Waals surface area (Å²) in [6.45, 7) is 6.52. The van der Waals surface area contributed by atoms with Gasteiger partial charge >= 0.3 is 0 Å². The molecule has 1 aromatic heterocycles. The van der Waals surface area contributed by atoms with E-state index in [1.807, 2.05) is 13.0 Å². The molecule has 0 aliphatic rings. The van der Waals surface area contributed by atoms with Gasteiger partial charge in [0.05, 0.1) is 5.69 Å². The average Bonchev–Trinajstić information content (AvgIpc) is 2.91. The highest BCUT2D eigenvalue weighted by Gasteiger charge is 2.07. The zero-order valence-electron chi connectivity index (χ0n) is 12.8. The van der Waals surface area contributed by atoms with E-state index in [2.05, 4.69) is 47.5 Å². The van der Waals surface area contributed by atoms with Crippen LogP contribution in [-0.4, -0.2) is 11.1 Å². The molecule has 0 radical (unpaired) electrons. The molecule has 1 heterocycles. The highest BCUT2D eigenvalue weighted by Crippen LogP contribution is 2.22. The van der Waals surface area contributed by atoms with E-state index in [4.69, 9.17) is 10.3 Å². The lowest BCUT2D eigenvalue weighted by molar-refractivity contribution is 0.381. The van der Waals surface area contributed by atoms with Gasteiger partial charge < -0.3 is 15.6 Å². The first-order valence-corrected chi connectivity index (χ1v) is 7.24. The molecule has 0 saturated carbocycles. The first-order valence-electron chi connectivity index (χ1n) is 7.24. The van der Waals surface area contributed by atoms with E-state index in [1.165, 1.54) is 11.1 Å². The third-order valence-corrected chi connectivity index (χ3v) is 3.33. The van der Waals surface area contributed by atoms with Crippen molar-refractivity contribution in [2.75, 3.05) is 5.32 Å². The first kappa shape index (κ1) is 15.1. The van der Waals surface area contributed by atoms with Gasteiger partial charge in [0.1, 0.15) is 6.54 Å². The molecule has 1 aromatic carbocycles. The fourth-order valence-electron chi connectivity index (χ4n) is 2.22. The SMILES string of the molecule is CCc1cccc(CC)c1NC(N)=NCc1cc(C)no1. The summed E-state index contributed by atoms with van der Waals surface area (Å²) in [6, 6.07) is 8.14. The van der Waals surface area contributed by atoms with Gasteiger partial charge in [0.15, 0.2) is 11.7 Å². The van der Waals surface area contributed by atoms with Gasteiger partial charge in [-0.3, -0.25) is 0 Å². The summed E-state index contributed by atoms with van der Waals surface area (Å²) in [5.41, 5.74) is 10.4. The van der Waals surface area contributed by atoms with Crippen molar-refractivity contribution in [3.05, 3.63) is 46.8 Å². The lowest BCUT2D eigenvalue weighted by Crippen LogP contribution is -2.24. The van der Waals surface area contributed by atoms with Crippen LogP contribution in [0.2, 0.25) is 0 Å². The number of hydrogen-bond acceptors (Lipinski definition) is 3. The van der Waals surface area contributed by atoms with E-state index >= 15 is 0 Å². The lowest BCUT2D eigenvalue weighted by atomic mass is 10.0.